The molecule has 0 saturated heterocycles. The van der Waals surface area contributed by atoms with Gasteiger partial charge in [-0.3, -0.25) is 0 Å². The summed E-state index contributed by atoms with van der Waals surface area (Å²) in [6.45, 7) is 4.00. The number of hydrogen-bond donors (Lipinski definition) is 0. The molecule has 0 aromatic carbocycles. The molecule has 7 heavy (non-hydrogen) atoms. The van der Waals surface area contributed by atoms with Crippen LogP contribution in [0.25, 0.3) is 0 Å². The van der Waals surface area contributed by atoms with E-state index < -0.39 is 0 Å². The van der Waals surface area contributed by atoms with Crippen LogP contribution in [0.1, 0.15) is 13.8 Å². The van der Waals surface area contributed by atoms with E-state index in [-0.39, 0.29) is 33.6 Å². The van der Waals surface area contributed by atoms with E-state index in [1.54, 1.807) is 0 Å². The second kappa shape index (κ2) is 15.7. The van der Waals surface area contributed by atoms with E-state index in [4.69, 9.17) is 0 Å². The van der Waals surface area contributed by atoms with Crippen LogP contribution in [0, 0.1) is 0 Å². The zero-order valence-electron chi connectivity index (χ0n) is 6.28. The number of hydrogen-bond acceptors (Lipinski definition) is 0. The fourth-order valence-corrected chi connectivity index (χ4v) is 0. The molecule has 0 aromatic rings. The van der Waals surface area contributed by atoms with E-state index in [0.717, 1.165) is 0 Å². The first-order valence-electron chi connectivity index (χ1n) is 2.73. The van der Waals surface area contributed by atoms with Gasteiger partial charge in [-0.15, -0.1) is 17.4 Å². The van der Waals surface area contributed by atoms with Crippen molar-refractivity contribution in [1.29, 1.82) is 0 Å². The standard InChI is InChI=1S/C2H6.3CH3.Al.Zn/c1-2;;;;;/h1-2H3;3*1H3;;. The molecule has 0 bridgehead atoms. The quantitative estimate of drug-likeness (QED) is 0.486. The molecular formula is C5H15AlZn. The molecule has 0 aliphatic carbocycles. The second-order valence-corrected chi connectivity index (χ2v) is 5.20. The van der Waals surface area contributed by atoms with Gasteiger partial charge in [0.05, 0.1) is 0 Å². The van der Waals surface area contributed by atoms with Gasteiger partial charge in [0.15, 0.2) is 0 Å². The Morgan fingerprint density at radius 2 is 0.857 bits per heavy atom. The first kappa shape index (κ1) is 15.7. The fourth-order valence-electron chi connectivity index (χ4n) is 0. The minimum absolute atomic E-state index is 0. The average Bonchev–Trinajstić information content (AvgIpc) is 1.41. The monoisotopic (exact) mass is 166 g/mol. The topological polar surface area (TPSA) is 0 Å². The van der Waals surface area contributed by atoms with Crippen molar-refractivity contribution in [2.75, 3.05) is 0 Å². The van der Waals surface area contributed by atoms with E-state index in [9.17, 15) is 0 Å². The van der Waals surface area contributed by atoms with Gasteiger partial charge >= 0.3 is 0 Å². The molecule has 0 aromatic heterocycles. The predicted molar refractivity (Wildman–Crippen MR) is 34.7 cm³/mol. The van der Waals surface area contributed by atoms with Gasteiger partial charge in [0.2, 0.25) is 0 Å². The Bertz CT molecular complexity index is 12.8. The smallest absolute Gasteiger partial charge is 0.106 e. The van der Waals surface area contributed by atoms with E-state index in [0.29, 0.717) is 0 Å². The van der Waals surface area contributed by atoms with Gasteiger partial charge in [0.1, 0.15) is 0 Å². The van der Waals surface area contributed by atoms with Gasteiger partial charge in [-0.2, -0.15) is 0 Å². The van der Waals surface area contributed by atoms with Crippen LogP contribution in [-0.4, -0.2) is 14.1 Å². The summed E-state index contributed by atoms with van der Waals surface area (Å²) in [5.41, 5.74) is 0. The zero-order chi connectivity index (χ0) is 5.58. The van der Waals surface area contributed by atoms with E-state index in [1.807, 2.05) is 13.8 Å². The summed E-state index contributed by atoms with van der Waals surface area (Å²) < 4.78 is 0. The molecule has 0 fully saturated rings. The summed E-state index contributed by atoms with van der Waals surface area (Å²) in [5, 5.41) is 0. The molecule has 0 amide bonds. The summed E-state index contributed by atoms with van der Waals surface area (Å²) in [7, 11) is 0. The molecule has 0 heterocycles. The van der Waals surface area contributed by atoms with E-state index in [2.05, 4.69) is 17.4 Å². The third kappa shape index (κ3) is 142. The van der Waals surface area contributed by atoms with Gasteiger partial charge in [-0.05, 0) is 0 Å². The molecule has 0 aliphatic heterocycles. The van der Waals surface area contributed by atoms with Gasteiger partial charge in [0.25, 0.3) is 14.1 Å². The molecule has 0 atom stereocenters. The molecule has 0 nitrogen and oxygen atoms in total. The SMILES string of the molecule is CC.[CH3][Al]([CH3])[CH3].[Zn]. The van der Waals surface area contributed by atoms with Gasteiger partial charge in [-0.1, -0.05) is 13.8 Å². The first-order valence-corrected chi connectivity index (χ1v) is 6.20. The van der Waals surface area contributed by atoms with Crippen LogP contribution in [-0.2, 0) is 19.5 Å². The fraction of sp³-hybridized carbons (Fsp3) is 1.00. The van der Waals surface area contributed by atoms with Crippen molar-refractivity contribution in [3.05, 3.63) is 0 Å². The first-order chi connectivity index (χ1) is 2.73. The average molecular weight is 168 g/mol. The van der Waals surface area contributed by atoms with Crippen LogP contribution in [0.2, 0.25) is 17.4 Å². The van der Waals surface area contributed by atoms with Crippen molar-refractivity contribution in [1.82, 2.24) is 0 Å². The van der Waals surface area contributed by atoms with Crippen LogP contribution in [0.5, 0.6) is 0 Å². The molecule has 0 spiro atoms. The third-order valence-electron chi connectivity index (χ3n) is 0. The molecule has 0 saturated carbocycles. The molecule has 0 rings (SSSR count). The summed E-state index contributed by atoms with van der Waals surface area (Å²) in [6, 6.07) is 0. The Kier molecular flexibility index (Phi) is 35.2. The zero-order valence-corrected chi connectivity index (χ0v) is 10.4. The van der Waals surface area contributed by atoms with Gasteiger partial charge < -0.3 is 0 Å². The molecule has 0 unspecified atom stereocenters. The van der Waals surface area contributed by atoms with Gasteiger partial charge in [-0.25, -0.2) is 0 Å². The normalized spacial score (nSPS) is 4.71. The van der Waals surface area contributed by atoms with Crippen LogP contribution < -0.4 is 0 Å². The second-order valence-electron chi connectivity index (χ2n) is 1.73. The maximum atomic E-state index is 2.31. The largest absolute Gasteiger partial charge is 0.251 e. The van der Waals surface area contributed by atoms with Crippen LogP contribution in [0.3, 0.4) is 0 Å². The molecule has 0 radical (unpaired) electrons. The van der Waals surface area contributed by atoms with E-state index >= 15 is 0 Å². The summed E-state index contributed by atoms with van der Waals surface area (Å²) in [5.74, 6) is 6.92. The Balaban J connectivity index is -0.0000000480. The molecule has 2 heteroatoms. The Morgan fingerprint density at radius 3 is 0.857 bits per heavy atom. The molecular weight excluding hydrogens is 152 g/mol. The maximum absolute atomic E-state index is 2.31. The van der Waals surface area contributed by atoms with Gasteiger partial charge in [0, 0.05) is 19.5 Å². The van der Waals surface area contributed by atoms with Crippen molar-refractivity contribution in [3.8, 4) is 0 Å². The number of rotatable bonds is 0. The van der Waals surface area contributed by atoms with Crippen molar-refractivity contribution in [2.45, 2.75) is 31.2 Å². The Hall–Kier alpha value is 1.16. The molecule has 40 valence electrons. The summed E-state index contributed by atoms with van der Waals surface area (Å²) in [6.07, 6.45) is 0. The Morgan fingerprint density at radius 1 is 0.857 bits per heavy atom. The third-order valence-corrected chi connectivity index (χ3v) is 0. The molecule has 0 N–H and O–H groups in total. The van der Waals surface area contributed by atoms with Crippen molar-refractivity contribution < 1.29 is 19.5 Å². The summed E-state index contributed by atoms with van der Waals surface area (Å²) in [4.78, 5) is 0. The van der Waals surface area contributed by atoms with Crippen molar-refractivity contribution in [3.63, 3.8) is 0 Å². The van der Waals surface area contributed by atoms with Crippen molar-refractivity contribution >= 4 is 14.1 Å². The van der Waals surface area contributed by atoms with E-state index in [1.165, 1.54) is 0 Å². The van der Waals surface area contributed by atoms with Crippen LogP contribution in [0.15, 0.2) is 0 Å². The minimum Gasteiger partial charge on any atom is -0.106 e. The predicted octanol–water partition coefficient (Wildman–Crippen LogP) is 2.39. The summed E-state index contributed by atoms with van der Waals surface area (Å²) >= 11 is -0.139. The minimum atomic E-state index is -0.139. The van der Waals surface area contributed by atoms with Crippen molar-refractivity contribution in [2.24, 2.45) is 0 Å². The molecule has 0 aliphatic rings. The Labute approximate surface area is 64.8 Å². The maximum Gasteiger partial charge on any atom is 0.251 e. The van der Waals surface area contributed by atoms with Crippen LogP contribution in [0.4, 0.5) is 0 Å². The van der Waals surface area contributed by atoms with Crippen LogP contribution >= 0.6 is 0 Å².